The van der Waals surface area contributed by atoms with E-state index in [0.717, 1.165) is 35.4 Å². The van der Waals surface area contributed by atoms with Crippen LogP contribution in [0.3, 0.4) is 0 Å². The zero-order chi connectivity index (χ0) is 22.6. The van der Waals surface area contributed by atoms with E-state index >= 15 is 0 Å². The largest absolute Gasteiger partial charge is 0.489 e. The number of benzene rings is 3. The standard InChI is InChI=1S/C29H30N2O2/c1-2-18-30-29(32)26-13-7-12-25-23-10-6-11-24(23)27(31-28(25)26)21-14-16-22(17-15-21)33-19-20-8-4-3-5-9-20/h3-10,12-17,23-24,27,31H,2,11,18-19H2,1H3,(H,30,32). The maximum Gasteiger partial charge on any atom is 0.253 e. The molecule has 4 nitrogen and oxygen atoms in total. The summed E-state index contributed by atoms with van der Waals surface area (Å²) in [5.74, 6) is 1.60. The zero-order valence-corrected chi connectivity index (χ0v) is 19.0. The third kappa shape index (κ3) is 4.38. The summed E-state index contributed by atoms with van der Waals surface area (Å²) in [4.78, 5) is 12.9. The predicted molar refractivity (Wildman–Crippen MR) is 133 cm³/mol. The molecule has 0 spiro atoms. The SMILES string of the molecule is CCCNC(=O)c1cccc2c1NC(c1ccc(OCc3ccccc3)cc1)C1CC=CC21. The van der Waals surface area contributed by atoms with E-state index in [1.54, 1.807) is 0 Å². The summed E-state index contributed by atoms with van der Waals surface area (Å²) in [5, 5.41) is 6.78. The lowest BCUT2D eigenvalue weighted by atomic mass is 9.76. The van der Waals surface area contributed by atoms with Gasteiger partial charge in [0.2, 0.25) is 0 Å². The Kier molecular flexibility index (Phi) is 6.16. The Bertz CT molecular complexity index is 1140. The number of anilines is 1. The fourth-order valence-corrected chi connectivity index (χ4v) is 4.99. The van der Waals surface area contributed by atoms with Gasteiger partial charge in [0.1, 0.15) is 12.4 Å². The number of carbonyl (C=O) groups is 1. The number of carbonyl (C=O) groups excluding carboxylic acids is 1. The van der Waals surface area contributed by atoms with Crippen molar-refractivity contribution in [2.45, 2.75) is 38.3 Å². The minimum Gasteiger partial charge on any atom is -0.489 e. The van der Waals surface area contributed by atoms with Crippen molar-refractivity contribution >= 4 is 11.6 Å². The van der Waals surface area contributed by atoms with E-state index in [2.05, 4.69) is 60.0 Å². The number of allylic oxidation sites excluding steroid dienone is 2. The van der Waals surface area contributed by atoms with Gasteiger partial charge in [0.05, 0.1) is 17.3 Å². The molecule has 33 heavy (non-hydrogen) atoms. The van der Waals surface area contributed by atoms with E-state index in [0.29, 0.717) is 25.0 Å². The number of fused-ring (bicyclic) bond motifs is 3. The van der Waals surface area contributed by atoms with Crippen LogP contribution in [0.4, 0.5) is 5.69 Å². The minimum absolute atomic E-state index is 0.00923. The van der Waals surface area contributed by atoms with E-state index in [4.69, 9.17) is 4.74 Å². The van der Waals surface area contributed by atoms with Crippen LogP contribution in [0.25, 0.3) is 0 Å². The van der Waals surface area contributed by atoms with Gasteiger partial charge in [0.25, 0.3) is 5.91 Å². The summed E-state index contributed by atoms with van der Waals surface area (Å²) in [6.07, 6.45) is 6.53. The summed E-state index contributed by atoms with van der Waals surface area (Å²) < 4.78 is 5.98. The Balaban J connectivity index is 1.38. The molecule has 0 saturated carbocycles. The van der Waals surface area contributed by atoms with Crippen molar-refractivity contribution in [3.05, 3.63) is 107 Å². The summed E-state index contributed by atoms with van der Waals surface area (Å²) in [7, 11) is 0. The van der Waals surface area contributed by atoms with Crippen molar-refractivity contribution in [2.75, 3.05) is 11.9 Å². The molecule has 0 radical (unpaired) electrons. The number of hydrogen-bond donors (Lipinski definition) is 2. The Morgan fingerprint density at radius 1 is 1.03 bits per heavy atom. The second kappa shape index (κ2) is 9.53. The van der Waals surface area contributed by atoms with E-state index in [9.17, 15) is 4.79 Å². The highest BCUT2D eigenvalue weighted by atomic mass is 16.5. The Morgan fingerprint density at radius 3 is 2.64 bits per heavy atom. The van der Waals surface area contributed by atoms with E-state index in [1.807, 2.05) is 42.5 Å². The van der Waals surface area contributed by atoms with Crippen LogP contribution in [-0.4, -0.2) is 12.5 Å². The number of amides is 1. The van der Waals surface area contributed by atoms with E-state index in [-0.39, 0.29) is 11.9 Å². The molecule has 3 aromatic carbocycles. The summed E-state index contributed by atoms with van der Waals surface area (Å²) in [5.41, 5.74) is 5.29. The van der Waals surface area contributed by atoms with Crippen LogP contribution < -0.4 is 15.4 Å². The van der Waals surface area contributed by atoms with Crippen LogP contribution in [-0.2, 0) is 6.61 Å². The van der Waals surface area contributed by atoms with Gasteiger partial charge >= 0.3 is 0 Å². The van der Waals surface area contributed by atoms with Crippen molar-refractivity contribution in [1.82, 2.24) is 5.32 Å². The van der Waals surface area contributed by atoms with Crippen LogP contribution in [0.15, 0.2) is 84.9 Å². The molecule has 1 heterocycles. The molecule has 2 aliphatic rings. The smallest absolute Gasteiger partial charge is 0.253 e. The fourth-order valence-electron chi connectivity index (χ4n) is 4.99. The second-order valence-corrected chi connectivity index (χ2v) is 8.84. The maximum atomic E-state index is 12.9. The van der Waals surface area contributed by atoms with Gasteiger partial charge < -0.3 is 15.4 Å². The van der Waals surface area contributed by atoms with Crippen LogP contribution in [0.5, 0.6) is 5.75 Å². The van der Waals surface area contributed by atoms with Crippen LogP contribution in [0.1, 0.15) is 58.8 Å². The average molecular weight is 439 g/mol. The number of nitrogens with one attached hydrogen (secondary N) is 2. The highest BCUT2D eigenvalue weighted by Gasteiger charge is 2.39. The van der Waals surface area contributed by atoms with Crippen LogP contribution >= 0.6 is 0 Å². The molecule has 3 atom stereocenters. The molecule has 0 saturated heterocycles. The fraction of sp³-hybridized carbons (Fsp3) is 0.276. The summed E-state index contributed by atoms with van der Waals surface area (Å²) in [6.45, 7) is 3.30. The highest BCUT2D eigenvalue weighted by Crippen LogP contribution is 2.50. The lowest BCUT2D eigenvalue weighted by Crippen LogP contribution is -2.32. The molecule has 3 unspecified atom stereocenters. The lowest BCUT2D eigenvalue weighted by Gasteiger charge is -2.38. The molecule has 1 amide bonds. The van der Waals surface area contributed by atoms with Crippen molar-refractivity contribution in [3.63, 3.8) is 0 Å². The first-order valence-electron chi connectivity index (χ1n) is 11.9. The minimum atomic E-state index is -0.00923. The first-order valence-corrected chi connectivity index (χ1v) is 11.9. The molecule has 2 N–H and O–H groups in total. The second-order valence-electron chi connectivity index (χ2n) is 8.84. The Hall–Kier alpha value is -3.53. The number of para-hydroxylation sites is 1. The Morgan fingerprint density at radius 2 is 1.85 bits per heavy atom. The molecule has 168 valence electrons. The van der Waals surface area contributed by atoms with Gasteiger partial charge in [-0.15, -0.1) is 0 Å². The highest BCUT2D eigenvalue weighted by molar-refractivity contribution is 6.00. The quantitative estimate of drug-likeness (QED) is 0.430. The van der Waals surface area contributed by atoms with Crippen LogP contribution in [0.2, 0.25) is 0 Å². The number of rotatable bonds is 7. The van der Waals surface area contributed by atoms with Gasteiger partial charge in [-0.1, -0.05) is 73.7 Å². The summed E-state index contributed by atoms with van der Waals surface area (Å²) in [6, 6.07) is 24.8. The normalized spacial score (nSPS) is 20.5. The molecule has 0 aromatic heterocycles. The van der Waals surface area contributed by atoms with Gasteiger partial charge in [-0.25, -0.2) is 0 Å². The molecular weight excluding hydrogens is 408 g/mol. The average Bonchev–Trinajstić information content (AvgIpc) is 3.36. The molecule has 3 aromatic rings. The van der Waals surface area contributed by atoms with Gasteiger partial charge in [0.15, 0.2) is 0 Å². The Labute approximate surface area is 195 Å². The molecule has 0 bridgehead atoms. The van der Waals surface area contributed by atoms with Crippen molar-refractivity contribution < 1.29 is 9.53 Å². The third-order valence-corrected chi connectivity index (χ3v) is 6.66. The van der Waals surface area contributed by atoms with Gasteiger partial charge in [-0.3, -0.25) is 4.79 Å². The maximum absolute atomic E-state index is 12.9. The topological polar surface area (TPSA) is 50.4 Å². The number of ether oxygens (including phenoxy) is 1. The first kappa shape index (κ1) is 21.3. The monoisotopic (exact) mass is 438 g/mol. The third-order valence-electron chi connectivity index (χ3n) is 6.66. The van der Waals surface area contributed by atoms with Gasteiger partial charge in [-0.05, 0) is 53.6 Å². The molecule has 1 aliphatic heterocycles. The summed E-state index contributed by atoms with van der Waals surface area (Å²) >= 11 is 0. The molecule has 0 fully saturated rings. The molecular formula is C29H30N2O2. The van der Waals surface area contributed by atoms with E-state index in [1.165, 1.54) is 11.1 Å². The van der Waals surface area contributed by atoms with Crippen molar-refractivity contribution in [3.8, 4) is 5.75 Å². The molecule has 5 rings (SSSR count). The van der Waals surface area contributed by atoms with Gasteiger partial charge in [0, 0.05) is 12.5 Å². The van der Waals surface area contributed by atoms with Crippen molar-refractivity contribution in [2.24, 2.45) is 5.92 Å². The van der Waals surface area contributed by atoms with Crippen LogP contribution in [0, 0.1) is 5.92 Å². The molecule has 4 heteroatoms. The van der Waals surface area contributed by atoms with Crippen molar-refractivity contribution in [1.29, 1.82) is 0 Å². The van der Waals surface area contributed by atoms with Gasteiger partial charge in [-0.2, -0.15) is 0 Å². The molecule has 1 aliphatic carbocycles. The first-order chi connectivity index (χ1) is 16.2. The number of hydrogen-bond acceptors (Lipinski definition) is 3. The van der Waals surface area contributed by atoms with E-state index < -0.39 is 0 Å². The predicted octanol–water partition coefficient (Wildman–Crippen LogP) is 6.23. The zero-order valence-electron chi connectivity index (χ0n) is 19.0. The lowest BCUT2D eigenvalue weighted by molar-refractivity contribution is 0.0954.